The highest BCUT2D eigenvalue weighted by molar-refractivity contribution is 9.10. The molecule has 7 heteroatoms. The number of anilines is 1. The van der Waals surface area contributed by atoms with Gasteiger partial charge in [-0.05, 0) is 27.4 Å². The largest absolute Gasteiger partial charge is 0.296 e. The summed E-state index contributed by atoms with van der Waals surface area (Å²) in [7, 11) is 0. The summed E-state index contributed by atoms with van der Waals surface area (Å²) >= 11 is 5.95. The van der Waals surface area contributed by atoms with Crippen molar-refractivity contribution in [2.24, 2.45) is 0 Å². The highest BCUT2D eigenvalue weighted by Crippen LogP contribution is 2.23. The Balaban J connectivity index is 2.14. The van der Waals surface area contributed by atoms with Crippen LogP contribution in [-0.2, 0) is 0 Å². The summed E-state index contributed by atoms with van der Waals surface area (Å²) in [5, 5.41) is 12.4. The zero-order valence-electron chi connectivity index (χ0n) is 6.73. The van der Waals surface area contributed by atoms with E-state index >= 15 is 0 Å². The van der Waals surface area contributed by atoms with E-state index in [1.54, 1.807) is 5.51 Å². The third-order valence-electron chi connectivity index (χ3n) is 1.40. The van der Waals surface area contributed by atoms with Crippen LogP contribution in [0.25, 0.3) is 0 Å². The number of carbonyl (C=O) groups excluding carboxylic acids is 1. The van der Waals surface area contributed by atoms with Crippen molar-refractivity contribution in [2.45, 2.75) is 0 Å². The molecule has 0 saturated carbocycles. The minimum atomic E-state index is -0.163. The number of hydrogen-bond donors (Lipinski definition) is 1. The van der Waals surface area contributed by atoms with Gasteiger partial charge in [-0.25, -0.2) is 0 Å². The smallest absolute Gasteiger partial charge is 0.268 e. The van der Waals surface area contributed by atoms with Gasteiger partial charge >= 0.3 is 0 Å². The molecule has 0 unspecified atom stereocenters. The Morgan fingerprint density at radius 3 is 2.93 bits per heavy atom. The van der Waals surface area contributed by atoms with Crippen molar-refractivity contribution in [1.82, 2.24) is 10.2 Å². The van der Waals surface area contributed by atoms with Crippen LogP contribution in [0, 0.1) is 0 Å². The predicted octanol–water partition coefficient (Wildman–Crippen LogP) is 2.61. The van der Waals surface area contributed by atoms with Crippen molar-refractivity contribution >= 4 is 49.6 Å². The van der Waals surface area contributed by atoms with E-state index in [0.717, 1.165) is 4.47 Å². The molecule has 0 bridgehead atoms. The molecule has 0 aliphatic heterocycles. The topological polar surface area (TPSA) is 54.9 Å². The molecule has 1 N–H and O–H groups in total. The second-order valence-corrected chi connectivity index (χ2v) is 4.90. The first-order chi connectivity index (χ1) is 6.77. The lowest BCUT2D eigenvalue weighted by molar-refractivity contribution is 0.103. The maximum atomic E-state index is 11.6. The van der Waals surface area contributed by atoms with Gasteiger partial charge in [0.15, 0.2) is 0 Å². The molecule has 4 nitrogen and oxygen atoms in total. The Hall–Kier alpha value is -0.790. The Morgan fingerprint density at radius 1 is 1.50 bits per heavy atom. The number of thiophene rings is 1. The molecule has 14 heavy (non-hydrogen) atoms. The summed E-state index contributed by atoms with van der Waals surface area (Å²) in [4.78, 5) is 12.2. The molecule has 2 rings (SSSR count). The SMILES string of the molecule is O=C(Nc1nncs1)c1sccc1Br. The molecule has 1 amide bonds. The molecule has 2 aromatic heterocycles. The van der Waals surface area contributed by atoms with E-state index < -0.39 is 0 Å². The van der Waals surface area contributed by atoms with Crippen molar-refractivity contribution in [3.05, 3.63) is 26.3 Å². The maximum absolute atomic E-state index is 11.6. The lowest BCUT2D eigenvalue weighted by Gasteiger charge is -1.97. The van der Waals surface area contributed by atoms with Gasteiger partial charge < -0.3 is 0 Å². The fraction of sp³-hybridized carbons (Fsp3) is 0. The van der Waals surface area contributed by atoms with Gasteiger partial charge in [0, 0.05) is 4.47 Å². The average molecular weight is 290 g/mol. The number of aromatic nitrogens is 2. The lowest BCUT2D eigenvalue weighted by Crippen LogP contribution is -2.10. The molecule has 2 aromatic rings. The van der Waals surface area contributed by atoms with Crippen LogP contribution in [0.3, 0.4) is 0 Å². The van der Waals surface area contributed by atoms with E-state index in [9.17, 15) is 4.79 Å². The van der Waals surface area contributed by atoms with E-state index in [1.807, 2.05) is 11.4 Å². The molecule has 0 aromatic carbocycles. The Bertz CT molecular complexity index is 439. The standard InChI is InChI=1S/C7H4BrN3OS2/c8-4-1-2-13-5(4)6(12)10-7-11-9-3-14-7/h1-3H,(H,10,11,12). The van der Waals surface area contributed by atoms with Gasteiger partial charge in [0.05, 0.1) is 0 Å². The quantitative estimate of drug-likeness (QED) is 0.925. The van der Waals surface area contributed by atoms with Gasteiger partial charge in [-0.1, -0.05) is 11.3 Å². The first kappa shape index (κ1) is 9.75. The fourth-order valence-corrected chi connectivity index (χ4v) is 2.72. The van der Waals surface area contributed by atoms with Crippen LogP contribution in [0.2, 0.25) is 0 Å². The van der Waals surface area contributed by atoms with Crippen molar-refractivity contribution < 1.29 is 4.79 Å². The summed E-state index contributed by atoms with van der Waals surface area (Å²) in [6, 6.07) is 1.83. The second kappa shape index (κ2) is 4.16. The Kier molecular flexibility index (Phi) is 2.90. The van der Waals surface area contributed by atoms with E-state index in [0.29, 0.717) is 10.0 Å². The molecule has 0 saturated heterocycles. The molecule has 0 spiro atoms. The van der Waals surface area contributed by atoms with Gasteiger partial charge in [0.25, 0.3) is 5.91 Å². The van der Waals surface area contributed by atoms with Crippen LogP contribution < -0.4 is 5.32 Å². The monoisotopic (exact) mass is 289 g/mol. The van der Waals surface area contributed by atoms with Crippen LogP contribution in [0.15, 0.2) is 21.4 Å². The molecule has 0 atom stereocenters. The molecule has 2 heterocycles. The number of halogens is 1. The van der Waals surface area contributed by atoms with Crippen LogP contribution in [0.5, 0.6) is 0 Å². The molecule has 0 aliphatic rings. The average Bonchev–Trinajstić information content (AvgIpc) is 2.75. The lowest BCUT2D eigenvalue weighted by atomic mass is 10.4. The Morgan fingerprint density at radius 2 is 2.36 bits per heavy atom. The van der Waals surface area contributed by atoms with Crippen LogP contribution in [-0.4, -0.2) is 16.1 Å². The third kappa shape index (κ3) is 1.99. The summed E-state index contributed by atoms with van der Waals surface area (Å²) in [5.41, 5.74) is 1.57. The highest BCUT2D eigenvalue weighted by Gasteiger charge is 2.12. The molecule has 0 fully saturated rings. The van der Waals surface area contributed by atoms with Gasteiger partial charge in [-0.3, -0.25) is 10.1 Å². The van der Waals surface area contributed by atoms with Crippen LogP contribution >= 0.6 is 38.6 Å². The predicted molar refractivity (Wildman–Crippen MR) is 59.9 cm³/mol. The van der Waals surface area contributed by atoms with Gasteiger partial charge in [0.2, 0.25) is 5.13 Å². The zero-order chi connectivity index (χ0) is 9.97. The second-order valence-electron chi connectivity index (χ2n) is 2.30. The minimum Gasteiger partial charge on any atom is -0.296 e. The van der Waals surface area contributed by atoms with Crippen LogP contribution in [0.1, 0.15) is 9.67 Å². The zero-order valence-corrected chi connectivity index (χ0v) is 9.95. The van der Waals surface area contributed by atoms with Crippen molar-refractivity contribution in [3.8, 4) is 0 Å². The highest BCUT2D eigenvalue weighted by atomic mass is 79.9. The van der Waals surface area contributed by atoms with Crippen LogP contribution in [0.4, 0.5) is 5.13 Å². The van der Waals surface area contributed by atoms with E-state index in [2.05, 4.69) is 31.4 Å². The Labute approximate surface area is 96.1 Å². The summed E-state index contributed by atoms with van der Waals surface area (Å²) in [6.07, 6.45) is 0. The number of rotatable bonds is 2. The summed E-state index contributed by atoms with van der Waals surface area (Å²) in [6.45, 7) is 0. The number of hydrogen-bond acceptors (Lipinski definition) is 5. The van der Waals surface area contributed by atoms with Crippen molar-refractivity contribution in [2.75, 3.05) is 5.32 Å². The molecular formula is C7H4BrN3OS2. The van der Waals surface area contributed by atoms with Crippen molar-refractivity contribution in [1.29, 1.82) is 0 Å². The number of nitrogens with zero attached hydrogens (tertiary/aromatic N) is 2. The molecule has 0 aliphatic carbocycles. The summed E-state index contributed by atoms with van der Waals surface area (Å²) in [5.74, 6) is -0.163. The molecule has 0 radical (unpaired) electrons. The minimum absolute atomic E-state index is 0.163. The normalized spacial score (nSPS) is 10.1. The van der Waals surface area contributed by atoms with Gasteiger partial charge in [-0.2, -0.15) is 0 Å². The molecule has 72 valence electrons. The maximum Gasteiger partial charge on any atom is 0.268 e. The first-order valence-corrected chi connectivity index (χ1v) is 6.13. The van der Waals surface area contributed by atoms with Gasteiger partial charge in [-0.15, -0.1) is 21.5 Å². The van der Waals surface area contributed by atoms with Crippen molar-refractivity contribution in [3.63, 3.8) is 0 Å². The van der Waals surface area contributed by atoms with E-state index in [1.165, 1.54) is 22.7 Å². The number of amides is 1. The molecular weight excluding hydrogens is 286 g/mol. The van der Waals surface area contributed by atoms with E-state index in [-0.39, 0.29) is 5.91 Å². The third-order valence-corrected chi connectivity index (χ3v) is 3.85. The number of nitrogens with one attached hydrogen (secondary N) is 1. The first-order valence-electron chi connectivity index (χ1n) is 3.58. The summed E-state index contributed by atoms with van der Waals surface area (Å²) < 4.78 is 0.796. The van der Waals surface area contributed by atoms with Gasteiger partial charge in [0.1, 0.15) is 10.4 Å². The fourth-order valence-electron chi connectivity index (χ4n) is 0.837. The van der Waals surface area contributed by atoms with E-state index in [4.69, 9.17) is 0 Å². The number of carbonyl (C=O) groups is 1.